The van der Waals surface area contributed by atoms with E-state index in [1.165, 1.54) is 7.11 Å². The summed E-state index contributed by atoms with van der Waals surface area (Å²) in [6.07, 6.45) is -2.79. The Labute approximate surface area is 137 Å². The van der Waals surface area contributed by atoms with Crippen LogP contribution >= 0.6 is 11.7 Å². The zero-order valence-electron chi connectivity index (χ0n) is 9.74. The molecule has 19 heavy (non-hydrogen) atoms. The van der Waals surface area contributed by atoms with E-state index in [0.717, 1.165) is 0 Å². The van der Waals surface area contributed by atoms with E-state index < -0.39 is 20.3 Å². The molecule has 0 radical (unpaired) electrons. The van der Waals surface area contributed by atoms with Crippen molar-refractivity contribution >= 4 is 82.5 Å². The number of thiol groups is 1. The summed E-state index contributed by atoms with van der Waals surface area (Å²) in [7, 11) is 0.387. The Bertz CT molecular complexity index is 685. The number of aryl methyl sites for hydroxylation is 1. The van der Waals surface area contributed by atoms with Gasteiger partial charge >= 0.3 is 6.09 Å². The van der Waals surface area contributed by atoms with Crippen LogP contribution in [0, 0.1) is 6.92 Å². The molecule has 0 bridgehead atoms. The fourth-order valence-corrected chi connectivity index (χ4v) is 6.32. The number of amides is 1. The highest BCUT2D eigenvalue weighted by Gasteiger charge is 2.11. The van der Waals surface area contributed by atoms with Gasteiger partial charge in [-0.15, -0.1) is 0 Å². The van der Waals surface area contributed by atoms with Gasteiger partial charge in [0.1, 0.15) is 5.82 Å². The molecule has 0 aromatic carbocycles. The molecule has 1 amide bonds. The van der Waals surface area contributed by atoms with E-state index in [2.05, 4.69) is 26.7 Å². The highest BCUT2D eigenvalue weighted by atomic mass is 33.5. The van der Waals surface area contributed by atoms with Crippen LogP contribution in [0.5, 0.6) is 0 Å². The third kappa shape index (κ3) is 4.69. The fourth-order valence-electron chi connectivity index (χ4n) is 1.25. The summed E-state index contributed by atoms with van der Waals surface area (Å²) in [4.78, 5) is 16.7. The molecule has 0 fully saturated rings. The zero-order valence-corrected chi connectivity index (χ0v) is 15.5. The Morgan fingerprint density at radius 3 is 2.53 bits per heavy atom. The molecule has 0 atom stereocenters. The first-order valence-corrected chi connectivity index (χ1v) is 12.2. The molecule has 1 aromatic heterocycles. The maximum Gasteiger partial charge on any atom is 0.412 e. The van der Waals surface area contributed by atoms with Gasteiger partial charge in [0.05, 0.1) is 7.11 Å². The lowest BCUT2D eigenvalue weighted by atomic mass is 10.3. The number of nitrogens with one attached hydrogen (secondary N) is 1. The van der Waals surface area contributed by atoms with Crippen LogP contribution in [0.4, 0.5) is 10.6 Å². The summed E-state index contributed by atoms with van der Waals surface area (Å²) in [6, 6.07) is 1.57. The predicted molar refractivity (Wildman–Crippen MR) is 94.7 cm³/mol. The van der Waals surface area contributed by atoms with Crippen molar-refractivity contribution in [2.75, 3.05) is 12.4 Å². The monoisotopic (exact) mass is 389 g/mol. The molecule has 1 heterocycles. The van der Waals surface area contributed by atoms with Gasteiger partial charge in [0.2, 0.25) is 0 Å². The first-order chi connectivity index (χ1) is 8.66. The van der Waals surface area contributed by atoms with Crippen LogP contribution in [0.1, 0.15) is 5.69 Å². The first kappa shape index (κ1) is 17.4. The Balaban J connectivity index is 3.53. The summed E-state index contributed by atoms with van der Waals surface area (Å²) in [5.74, 6) is 0.291. The predicted octanol–water partition coefficient (Wildman–Crippen LogP) is 1.75. The van der Waals surface area contributed by atoms with Crippen molar-refractivity contribution in [2.45, 2.75) is 16.7 Å². The minimum Gasteiger partial charge on any atom is -0.453 e. The highest BCUT2D eigenvalue weighted by molar-refractivity contribution is 8.93. The van der Waals surface area contributed by atoms with Crippen molar-refractivity contribution < 1.29 is 9.53 Å². The second kappa shape index (κ2) is 6.87. The summed E-state index contributed by atoms with van der Waals surface area (Å²) in [5, 5.41) is 2.46. The molecule has 0 aliphatic carbocycles. The number of hydrogen-bond acceptors (Lipinski definition) is 8. The Hall–Kier alpha value is 0.350. The standard InChI is InChI=1S/C8H9N2O2S7/c1-4-7(18(13)14)5(19(15,16)17)3-6(9-4)10-8(11)12-2/h3H,1-2H3,(H,9,10,11)(H,15,16,17)/q-1. The van der Waals surface area contributed by atoms with Crippen LogP contribution in [0.25, 0.3) is 0 Å². The lowest BCUT2D eigenvalue weighted by molar-refractivity contribution is 0.187. The van der Waals surface area contributed by atoms with Gasteiger partial charge in [-0.05, 0) is 41.5 Å². The van der Waals surface area contributed by atoms with Crippen molar-refractivity contribution in [3.05, 3.63) is 11.8 Å². The van der Waals surface area contributed by atoms with Crippen molar-refractivity contribution in [2.24, 2.45) is 0 Å². The maximum absolute atomic E-state index is 11.2. The first-order valence-electron chi connectivity index (χ1n) is 4.60. The second-order valence-corrected chi connectivity index (χ2v) is 14.9. The van der Waals surface area contributed by atoms with Crippen molar-refractivity contribution in [3.63, 3.8) is 0 Å². The van der Waals surface area contributed by atoms with Crippen LogP contribution in [-0.2, 0) is 63.7 Å². The van der Waals surface area contributed by atoms with E-state index in [0.29, 0.717) is 21.3 Å². The molecule has 0 aliphatic rings. The summed E-state index contributed by atoms with van der Waals surface area (Å²) in [6.45, 7) is 1.74. The number of nitrogens with zero attached hydrogens (tertiary/aromatic N) is 1. The van der Waals surface area contributed by atoms with E-state index in [-0.39, 0.29) is 0 Å². The molecule has 1 rings (SSSR count). The van der Waals surface area contributed by atoms with E-state index in [4.69, 9.17) is 44.8 Å². The molecule has 0 spiro atoms. The summed E-state index contributed by atoms with van der Waals surface area (Å²) < 4.78 is 4.50. The second-order valence-electron chi connectivity index (χ2n) is 3.25. The van der Waals surface area contributed by atoms with Gasteiger partial charge in [0.25, 0.3) is 0 Å². The third-order valence-corrected chi connectivity index (χ3v) is 6.49. The summed E-state index contributed by atoms with van der Waals surface area (Å²) in [5.41, 5.74) is 0.595. The van der Waals surface area contributed by atoms with E-state index in [1.807, 2.05) is 0 Å². The average molecular weight is 390 g/mol. The molecule has 1 aromatic rings. The largest absolute Gasteiger partial charge is 0.453 e. The molecule has 4 nitrogen and oxygen atoms in total. The van der Waals surface area contributed by atoms with Crippen molar-refractivity contribution in [1.82, 2.24) is 4.98 Å². The van der Waals surface area contributed by atoms with Gasteiger partial charge in [-0.25, -0.2) is 9.78 Å². The molecule has 0 saturated carbocycles. The van der Waals surface area contributed by atoms with Crippen LogP contribution in [0.3, 0.4) is 0 Å². The van der Waals surface area contributed by atoms with Crippen molar-refractivity contribution in [3.8, 4) is 0 Å². The quantitative estimate of drug-likeness (QED) is 0.464. The molecule has 0 aliphatic heterocycles. The number of pyridine rings is 1. The number of methoxy groups -OCH3 is 1. The van der Waals surface area contributed by atoms with Crippen molar-refractivity contribution in [1.29, 1.82) is 0 Å². The number of carbonyl (C=O) groups is 1. The topological polar surface area (TPSA) is 51.2 Å². The molecule has 0 saturated heterocycles. The Kier molecular flexibility index (Phi) is 6.29. The normalized spacial score (nSPS) is 11.4. The number of aromatic nitrogens is 1. The number of anilines is 1. The molecular formula is C8H9N2O2S7-. The van der Waals surface area contributed by atoms with E-state index >= 15 is 0 Å². The van der Waals surface area contributed by atoms with Gasteiger partial charge in [0, 0.05) is 10.6 Å². The number of ether oxygens (including phenoxy) is 1. The number of hydrogen-bond donors (Lipinski definition) is 2. The minimum atomic E-state index is -2.16. The Morgan fingerprint density at radius 1 is 1.53 bits per heavy atom. The Morgan fingerprint density at radius 2 is 2.11 bits per heavy atom. The summed E-state index contributed by atoms with van der Waals surface area (Å²) >= 11 is 25.0. The van der Waals surface area contributed by atoms with Gasteiger partial charge < -0.3 is 12.8 Å². The van der Waals surface area contributed by atoms with Crippen LogP contribution < -0.4 is 5.32 Å². The van der Waals surface area contributed by atoms with Crippen LogP contribution in [-0.4, -0.2) is 18.2 Å². The molecule has 11 heteroatoms. The molecule has 0 unspecified atom stereocenters. The van der Waals surface area contributed by atoms with Crippen LogP contribution in [0.15, 0.2) is 15.9 Å². The number of rotatable bonds is 3. The molecule has 1 N–H and O–H groups in total. The van der Waals surface area contributed by atoms with Gasteiger partial charge in [-0.3, -0.25) is 27.7 Å². The minimum absolute atomic E-state index is 0.291. The molecular weight excluding hydrogens is 381 g/mol. The van der Waals surface area contributed by atoms with Gasteiger partial charge in [-0.1, -0.05) is 16.6 Å². The number of carbonyl (C=O) groups excluding carboxylic acids is 1. The highest BCUT2D eigenvalue weighted by Crippen LogP contribution is 2.27. The van der Waals surface area contributed by atoms with Gasteiger partial charge in [-0.2, -0.15) is 0 Å². The average Bonchev–Trinajstić information content (AvgIpc) is 2.26. The van der Waals surface area contributed by atoms with E-state index in [1.54, 1.807) is 13.0 Å². The third-order valence-electron chi connectivity index (χ3n) is 1.97. The lowest BCUT2D eigenvalue weighted by Crippen LogP contribution is -2.13. The van der Waals surface area contributed by atoms with Gasteiger partial charge in [0.15, 0.2) is 0 Å². The zero-order chi connectivity index (χ0) is 14.8. The van der Waals surface area contributed by atoms with Crippen LogP contribution in [0.2, 0.25) is 0 Å². The smallest absolute Gasteiger partial charge is 0.412 e. The molecule has 106 valence electrons. The fraction of sp³-hybridized carbons (Fsp3) is 0.250. The van der Waals surface area contributed by atoms with E-state index in [9.17, 15) is 4.79 Å². The SMILES string of the molecule is COC(=O)Nc1cc(S(=S)(=S)S)c([S-](=S)=S)c(C)n1. The lowest BCUT2D eigenvalue weighted by Gasteiger charge is -2.18. The maximum atomic E-state index is 11.2.